The van der Waals surface area contributed by atoms with Crippen LogP contribution >= 0.6 is 0 Å². The molecule has 90 valence electrons. The highest BCUT2D eigenvalue weighted by Gasteiger charge is 2.43. The summed E-state index contributed by atoms with van der Waals surface area (Å²) in [5.74, 6) is 0.832. The predicted molar refractivity (Wildman–Crippen MR) is 69.8 cm³/mol. The van der Waals surface area contributed by atoms with Crippen molar-refractivity contribution in [3.05, 3.63) is 48.0 Å². The molecular formula is C16H20O. The van der Waals surface area contributed by atoms with E-state index in [9.17, 15) is 5.11 Å². The Balaban J connectivity index is 1.95. The highest BCUT2D eigenvalue weighted by molar-refractivity contribution is 5.28. The third kappa shape index (κ3) is 1.93. The Morgan fingerprint density at radius 1 is 1.12 bits per heavy atom. The maximum Gasteiger partial charge on any atom is 0.0718 e. The number of rotatable bonds is 1. The molecule has 0 heterocycles. The van der Waals surface area contributed by atoms with Crippen molar-refractivity contribution in [2.45, 2.75) is 43.6 Å². The highest BCUT2D eigenvalue weighted by atomic mass is 16.3. The maximum absolute atomic E-state index is 10.8. The van der Waals surface area contributed by atoms with E-state index >= 15 is 0 Å². The van der Waals surface area contributed by atoms with Crippen LogP contribution in [0.25, 0.3) is 0 Å². The normalized spacial score (nSPS) is 36.5. The number of fused-ring (bicyclic) bond motifs is 1. The van der Waals surface area contributed by atoms with Crippen molar-refractivity contribution in [1.82, 2.24) is 0 Å². The second kappa shape index (κ2) is 4.30. The lowest BCUT2D eigenvalue weighted by molar-refractivity contribution is -0.0557. The van der Waals surface area contributed by atoms with Crippen LogP contribution in [0, 0.1) is 5.92 Å². The van der Waals surface area contributed by atoms with Crippen LogP contribution in [0.3, 0.4) is 0 Å². The van der Waals surface area contributed by atoms with Crippen LogP contribution in [0.2, 0.25) is 0 Å². The summed E-state index contributed by atoms with van der Waals surface area (Å²) in [6.07, 6.45) is 9.93. The molecule has 3 atom stereocenters. The highest BCUT2D eigenvalue weighted by Crippen LogP contribution is 2.47. The zero-order valence-electron chi connectivity index (χ0n) is 10.2. The van der Waals surface area contributed by atoms with E-state index in [1.165, 1.54) is 24.8 Å². The average molecular weight is 228 g/mol. The summed E-state index contributed by atoms with van der Waals surface area (Å²) in [5, 5.41) is 10.8. The SMILES string of the molecule is O[C@]12CC=CC(c3ccccc3)[C@H]1CCCC2. The van der Waals surface area contributed by atoms with Crippen LogP contribution in [-0.4, -0.2) is 10.7 Å². The lowest BCUT2D eigenvalue weighted by Gasteiger charge is -2.45. The minimum absolute atomic E-state index is 0.412. The Bertz CT molecular complexity index is 409. The van der Waals surface area contributed by atoms with Crippen LogP contribution in [0.5, 0.6) is 0 Å². The fraction of sp³-hybridized carbons (Fsp3) is 0.500. The van der Waals surface area contributed by atoms with Crippen molar-refractivity contribution >= 4 is 0 Å². The number of hydrogen-bond donors (Lipinski definition) is 1. The van der Waals surface area contributed by atoms with Crippen LogP contribution in [0.15, 0.2) is 42.5 Å². The number of benzene rings is 1. The Morgan fingerprint density at radius 3 is 2.76 bits per heavy atom. The molecule has 0 saturated heterocycles. The smallest absolute Gasteiger partial charge is 0.0718 e. The summed E-state index contributed by atoms with van der Waals surface area (Å²) in [4.78, 5) is 0. The van der Waals surface area contributed by atoms with Crippen molar-refractivity contribution in [1.29, 1.82) is 0 Å². The van der Waals surface area contributed by atoms with Gasteiger partial charge in [0.25, 0.3) is 0 Å². The minimum Gasteiger partial charge on any atom is -0.389 e. The average Bonchev–Trinajstić information content (AvgIpc) is 2.38. The van der Waals surface area contributed by atoms with E-state index in [0.717, 1.165) is 12.8 Å². The molecule has 0 aliphatic heterocycles. The van der Waals surface area contributed by atoms with Gasteiger partial charge in [-0.15, -0.1) is 0 Å². The van der Waals surface area contributed by atoms with Crippen LogP contribution in [-0.2, 0) is 0 Å². The third-order valence-corrected chi connectivity index (χ3v) is 4.50. The van der Waals surface area contributed by atoms with Crippen molar-refractivity contribution in [2.24, 2.45) is 5.92 Å². The molecule has 1 aromatic carbocycles. The molecule has 1 unspecified atom stereocenters. The molecular weight excluding hydrogens is 208 g/mol. The predicted octanol–water partition coefficient (Wildman–Crippen LogP) is 3.65. The summed E-state index contributed by atoms with van der Waals surface area (Å²) < 4.78 is 0. The lowest BCUT2D eigenvalue weighted by Crippen LogP contribution is -2.44. The molecule has 1 N–H and O–H groups in total. The van der Waals surface area contributed by atoms with Gasteiger partial charge in [0.05, 0.1) is 5.60 Å². The lowest BCUT2D eigenvalue weighted by atomic mass is 9.63. The Hall–Kier alpha value is -1.08. The monoisotopic (exact) mass is 228 g/mol. The van der Waals surface area contributed by atoms with Gasteiger partial charge in [-0.05, 0) is 30.7 Å². The maximum atomic E-state index is 10.8. The molecule has 2 aliphatic rings. The van der Waals surface area contributed by atoms with E-state index in [4.69, 9.17) is 0 Å². The Kier molecular flexibility index (Phi) is 2.79. The molecule has 1 aromatic rings. The van der Waals surface area contributed by atoms with Gasteiger partial charge in [-0.2, -0.15) is 0 Å². The van der Waals surface area contributed by atoms with Crippen molar-refractivity contribution in [3.63, 3.8) is 0 Å². The van der Waals surface area contributed by atoms with E-state index in [1.807, 2.05) is 0 Å². The summed E-state index contributed by atoms with van der Waals surface area (Å²) in [6, 6.07) is 10.6. The van der Waals surface area contributed by atoms with E-state index in [-0.39, 0.29) is 0 Å². The zero-order valence-corrected chi connectivity index (χ0v) is 10.2. The number of aliphatic hydroxyl groups is 1. The van der Waals surface area contributed by atoms with Gasteiger partial charge in [0, 0.05) is 5.92 Å². The van der Waals surface area contributed by atoms with E-state index < -0.39 is 5.60 Å². The second-order valence-corrected chi connectivity index (χ2v) is 5.52. The quantitative estimate of drug-likeness (QED) is 0.727. The summed E-state index contributed by atoms with van der Waals surface area (Å²) in [5.41, 5.74) is 0.918. The molecule has 2 aliphatic carbocycles. The molecule has 1 heteroatoms. The molecule has 0 bridgehead atoms. The summed E-state index contributed by atoms with van der Waals surface area (Å²) >= 11 is 0. The van der Waals surface area contributed by atoms with Gasteiger partial charge in [-0.25, -0.2) is 0 Å². The number of hydrogen-bond acceptors (Lipinski definition) is 1. The van der Waals surface area contributed by atoms with Crippen molar-refractivity contribution in [3.8, 4) is 0 Å². The molecule has 1 saturated carbocycles. The van der Waals surface area contributed by atoms with Crippen LogP contribution in [0.1, 0.15) is 43.6 Å². The van der Waals surface area contributed by atoms with Crippen LogP contribution in [0.4, 0.5) is 0 Å². The molecule has 0 amide bonds. The molecule has 1 nitrogen and oxygen atoms in total. The molecule has 0 radical (unpaired) electrons. The minimum atomic E-state index is -0.437. The molecule has 1 fully saturated rings. The Morgan fingerprint density at radius 2 is 1.94 bits per heavy atom. The molecule has 17 heavy (non-hydrogen) atoms. The zero-order chi connectivity index (χ0) is 11.7. The van der Waals surface area contributed by atoms with Gasteiger partial charge in [0.1, 0.15) is 0 Å². The van der Waals surface area contributed by atoms with Gasteiger partial charge in [0.2, 0.25) is 0 Å². The van der Waals surface area contributed by atoms with Gasteiger partial charge in [-0.3, -0.25) is 0 Å². The fourth-order valence-corrected chi connectivity index (χ4v) is 3.59. The van der Waals surface area contributed by atoms with Gasteiger partial charge < -0.3 is 5.11 Å². The first-order valence-electron chi connectivity index (χ1n) is 6.74. The van der Waals surface area contributed by atoms with Crippen molar-refractivity contribution < 1.29 is 5.11 Å². The molecule has 0 aromatic heterocycles. The van der Waals surface area contributed by atoms with Gasteiger partial charge in [0.15, 0.2) is 0 Å². The molecule has 3 rings (SSSR count). The van der Waals surface area contributed by atoms with Gasteiger partial charge in [-0.1, -0.05) is 55.3 Å². The van der Waals surface area contributed by atoms with E-state index in [2.05, 4.69) is 42.5 Å². The third-order valence-electron chi connectivity index (χ3n) is 4.50. The van der Waals surface area contributed by atoms with Crippen molar-refractivity contribution in [2.75, 3.05) is 0 Å². The second-order valence-electron chi connectivity index (χ2n) is 5.52. The largest absolute Gasteiger partial charge is 0.389 e. The summed E-state index contributed by atoms with van der Waals surface area (Å²) in [6.45, 7) is 0. The molecule has 0 spiro atoms. The Labute approximate surface area is 103 Å². The fourth-order valence-electron chi connectivity index (χ4n) is 3.59. The van der Waals surface area contributed by atoms with Gasteiger partial charge >= 0.3 is 0 Å². The summed E-state index contributed by atoms with van der Waals surface area (Å²) in [7, 11) is 0. The first-order valence-corrected chi connectivity index (χ1v) is 6.74. The first kappa shape index (κ1) is 11.0. The number of allylic oxidation sites excluding steroid dienone is 1. The van der Waals surface area contributed by atoms with Crippen LogP contribution < -0.4 is 0 Å². The van der Waals surface area contributed by atoms with E-state index in [1.54, 1.807) is 0 Å². The topological polar surface area (TPSA) is 20.2 Å². The standard InChI is InChI=1S/C16H20O/c17-16-11-5-4-10-15(16)14(9-6-12-16)13-7-2-1-3-8-13/h1-3,6-9,14-15,17H,4-5,10-12H2/t14?,15-,16-/m1/s1. The first-order chi connectivity index (χ1) is 8.30. The van der Waals surface area contributed by atoms with E-state index in [0.29, 0.717) is 11.8 Å².